The summed E-state index contributed by atoms with van der Waals surface area (Å²) in [5, 5.41) is 10.8. The number of phenols is 1. The number of methoxy groups -OCH3 is 1. The van der Waals surface area contributed by atoms with Crippen molar-refractivity contribution in [3.63, 3.8) is 0 Å². The van der Waals surface area contributed by atoms with Gasteiger partial charge >= 0.3 is 0 Å². The van der Waals surface area contributed by atoms with Crippen molar-refractivity contribution in [3.05, 3.63) is 90.0 Å². The van der Waals surface area contributed by atoms with Gasteiger partial charge in [-0.2, -0.15) is 0 Å². The van der Waals surface area contributed by atoms with E-state index >= 15 is 0 Å². The van der Waals surface area contributed by atoms with Crippen molar-refractivity contribution >= 4 is 11.0 Å². The number of imidazole rings is 2. The molecular formula is C32H35N5O3. The van der Waals surface area contributed by atoms with Crippen LogP contribution in [0.1, 0.15) is 29.5 Å². The Hall–Kier alpha value is -4.30. The van der Waals surface area contributed by atoms with Gasteiger partial charge in [-0.1, -0.05) is 12.1 Å². The molecule has 1 aliphatic rings. The predicted molar refractivity (Wildman–Crippen MR) is 156 cm³/mol. The Morgan fingerprint density at radius 3 is 2.62 bits per heavy atom. The highest BCUT2D eigenvalue weighted by atomic mass is 16.5. The first-order valence-corrected chi connectivity index (χ1v) is 13.9. The number of ether oxygens (including phenoxy) is 2. The van der Waals surface area contributed by atoms with E-state index in [1.165, 1.54) is 25.9 Å². The number of aromatic hydroxyl groups is 1. The standard InChI is InChI=1S/C32H35N5O3/c1-39-30-21-23(4-5-24(30)12-16-37-17-13-33-22-37)20-27-29(38)11-10-28-31(27)35-32(34-28)25-6-8-26(9-7-25)40-19-18-36-14-2-3-15-36/h4-11,13,17,21-22,38H,2-3,12,14-16,18-20H2,1H3,(H,34,35). The van der Waals surface area contributed by atoms with Crippen LogP contribution in [0.2, 0.25) is 0 Å². The maximum atomic E-state index is 10.8. The van der Waals surface area contributed by atoms with Gasteiger partial charge in [0.05, 0.1) is 24.5 Å². The van der Waals surface area contributed by atoms with Gasteiger partial charge in [0.25, 0.3) is 0 Å². The number of aromatic nitrogens is 4. The third kappa shape index (κ3) is 5.82. The van der Waals surface area contributed by atoms with Crippen molar-refractivity contribution in [1.82, 2.24) is 24.4 Å². The molecule has 6 rings (SSSR count). The minimum absolute atomic E-state index is 0.232. The number of likely N-dealkylation sites (tertiary alicyclic amines) is 1. The fraction of sp³-hybridized carbons (Fsp3) is 0.312. The largest absolute Gasteiger partial charge is 0.508 e. The Labute approximate surface area is 234 Å². The van der Waals surface area contributed by atoms with E-state index in [-0.39, 0.29) is 5.75 Å². The number of aryl methyl sites for hydroxylation is 2. The molecule has 0 atom stereocenters. The van der Waals surface area contributed by atoms with Crippen LogP contribution in [0.4, 0.5) is 0 Å². The van der Waals surface area contributed by atoms with E-state index in [0.29, 0.717) is 13.0 Å². The summed E-state index contributed by atoms with van der Waals surface area (Å²) in [6.07, 6.45) is 9.52. The quantitative estimate of drug-likeness (QED) is 0.233. The van der Waals surface area contributed by atoms with Gasteiger partial charge in [0.1, 0.15) is 29.7 Å². The summed E-state index contributed by atoms with van der Waals surface area (Å²) in [7, 11) is 1.70. The van der Waals surface area contributed by atoms with Gasteiger partial charge in [0, 0.05) is 43.0 Å². The Kier molecular flexibility index (Phi) is 7.68. The van der Waals surface area contributed by atoms with Gasteiger partial charge in [0.15, 0.2) is 0 Å². The summed E-state index contributed by atoms with van der Waals surface area (Å²) >= 11 is 0. The third-order valence-electron chi connectivity index (χ3n) is 7.67. The lowest BCUT2D eigenvalue weighted by atomic mass is 10.00. The number of fused-ring (bicyclic) bond motifs is 1. The van der Waals surface area contributed by atoms with Crippen LogP contribution in [0, 0.1) is 0 Å². The third-order valence-corrected chi connectivity index (χ3v) is 7.67. The minimum Gasteiger partial charge on any atom is -0.508 e. The fourth-order valence-corrected chi connectivity index (χ4v) is 5.42. The van der Waals surface area contributed by atoms with Crippen molar-refractivity contribution in [3.8, 4) is 28.6 Å². The monoisotopic (exact) mass is 537 g/mol. The van der Waals surface area contributed by atoms with Crippen molar-refractivity contribution in [2.45, 2.75) is 32.2 Å². The van der Waals surface area contributed by atoms with Crippen LogP contribution in [0.3, 0.4) is 0 Å². The summed E-state index contributed by atoms with van der Waals surface area (Å²) in [5.41, 5.74) is 5.59. The van der Waals surface area contributed by atoms with Crippen LogP contribution >= 0.6 is 0 Å². The number of hydrogen-bond donors (Lipinski definition) is 2. The molecule has 0 aliphatic carbocycles. The van der Waals surface area contributed by atoms with Crippen LogP contribution in [-0.4, -0.2) is 62.9 Å². The molecule has 2 N–H and O–H groups in total. The van der Waals surface area contributed by atoms with E-state index in [4.69, 9.17) is 14.5 Å². The highest BCUT2D eigenvalue weighted by molar-refractivity contribution is 5.85. The lowest BCUT2D eigenvalue weighted by Crippen LogP contribution is -2.25. The highest BCUT2D eigenvalue weighted by Gasteiger charge is 2.15. The van der Waals surface area contributed by atoms with Crippen molar-refractivity contribution < 1.29 is 14.6 Å². The van der Waals surface area contributed by atoms with E-state index in [1.807, 2.05) is 42.9 Å². The molecule has 2 aromatic heterocycles. The number of nitrogens with one attached hydrogen (secondary N) is 1. The predicted octanol–water partition coefficient (Wildman–Crippen LogP) is 5.45. The van der Waals surface area contributed by atoms with Crippen molar-refractivity contribution in [2.75, 3.05) is 33.4 Å². The first-order valence-electron chi connectivity index (χ1n) is 13.9. The summed E-state index contributed by atoms with van der Waals surface area (Å²) in [6.45, 7) is 4.85. The summed E-state index contributed by atoms with van der Waals surface area (Å²) in [6, 6.07) is 17.9. The average Bonchev–Trinajstić information content (AvgIpc) is 3.77. The molecule has 0 radical (unpaired) electrons. The second-order valence-corrected chi connectivity index (χ2v) is 10.3. The molecule has 206 valence electrons. The van der Waals surface area contributed by atoms with Gasteiger partial charge in [-0.05, 0) is 85.9 Å². The Morgan fingerprint density at radius 1 is 1.00 bits per heavy atom. The summed E-state index contributed by atoms with van der Waals surface area (Å²) in [4.78, 5) is 14.9. The number of rotatable bonds is 11. The average molecular weight is 538 g/mol. The topological polar surface area (TPSA) is 88.4 Å². The van der Waals surface area contributed by atoms with E-state index in [0.717, 1.165) is 70.1 Å². The van der Waals surface area contributed by atoms with Crippen LogP contribution in [0.15, 0.2) is 73.3 Å². The van der Waals surface area contributed by atoms with E-state index in [1.54, 1.807) is 19.4 Å². The van der Waals surface area contributed by atoms with Crippen molar-refractivity contribution in [2.24, 2.45) is 0 Å². The lowest BCUT2D eigenvalue weighted by molar-refractivity contribution is 0.238. The van der Waals surface area contributed by atoms with Crippen LogP contribution in [-0.2, 0) is 19.4 Å². The smallest absolute Gasteiger partial charge is 0.138 e. The fourth-order valence-electron chi connectivity index (χ4n) is 5.42. The minimum atomic E-state index is 0.232. The summed E-state index contributed by atoms with van der Waals surface area (Å²) < 4.78 is 13.7. The van der Waals surface area contributed by atoms with Crippen molar-refractivity contribution in [1.29, 1.82) is 0 Å². The number of aromatic amines is 1. The molecule has 3 heterocycles. The molecule has 0 unspecified atom stereocenters. The molecule has 0 spiro atoms. The van der Waals surface area contributed by atoms with E-state index < -0.39 is 0 Å². The van der Waals surface area contributed by atoms with Gasteiger partial charge < -0.3 is 24.1 Å². The first kappa shape index (κ1) is 26.0. The number of benzene rings is 3. The summed E-state index contributed by atoms with van der Waals surface area (Å²) in [5.74, 6) is 2.70. The zero-order valence-electron chi connectivity index (χ0n) is 22.8. The van der Waals surface area contributed by atoms with E-state index in [9.17, 15) is 5.11 Å². The number of H-pyrrole nitrogens is 1. The molecule has 8 nitrogen and oxygen atoms in total. The Bertz CT molecular complexity index is 1550. The molecule has 1 aliphatic heterocycles. The molecule has 1 saturated heterocycles. The second-order valence-electron chi connectivity index (χ2n) is 10.3. The molecule has 40 heavy (non-hydrogen) atoms. The van der Waals surface area contributed by atoms with Gasteiger partial charge in [-0.15, -0.1) is 0 Å². The zero-order valence-corrected chi connectivity index (χ0v) is 22.8. The Morgan fingerprint density at radius 2 is 1.85 bits per heavy atom. The lowest BCUT2D eigenvalue weighted by Gasteiger charge is -2.14. The molecule has 3 aromatic carbocycles. The number of hydrogen-bond acceptors (Lipinski definition) is 6. The molecule has 5 aromatic rings. The number of nitrogens with zero attached hydrogens (tertiary/aromatic N) is 4. The van der Waals surface area contributed by atoms with Gasteiger partial charge in [-0.25, -0.2) is 9.97 Å². The SMILES string of the molecule is COc1cc(Cc2c(O)ccc3[nH]c(-c4ccc(OCCN5CCCC5)cc4)nc23)ccc1CCn1ccnc1. The molecule has 8 heteroatoms. The van der Waals surface area contributed by atoms with Gasteiger partial charge in [0.2, 0.25) is 0 Å². The molecule has 0 saturated carbocycles. The van der Waals surface area contributed by atoms with Crippen LogP contribution < -0.4 is 9.47 Å². The molecule has 1 fully saturated rings. The number of phenolic OH excluding ortho intramolecular Hbond substituents is 1. The molecular weight excluding hydrogens is 502 g/mol. The molecule has 0 amide bonds. The van der Waals surface area contributed by atoms with Crippen LogP contribution in [0.5, 0.6) is 17.2 Å². The zero-order chi connectivity index (χ0) is 27.3. The first-order chi connectivity index (χ1) is 19.7. The maximum absolute atomic E-state index is 10.8. The Balaban J connectivity index is 1.17. The van der Waals surface area contributed by atoms with E-state index in [2.05, 4.69) is 37.6 Å². The maximum Gasteiger partial charge on any atom is 0.138 e. The highest BCUT2D eigenvalue weighted by Crippen LogP contribution is 2.32. The second kappa shape index (κ2) is 11.8. The van der Waals surface area contributed by atoms with Crippen LogP contribution in [0.25, 0.3) is 22.4 Å². The normalized spacial score (nSPS) is 13.7. The van der Waals surface area contributed by atoms with Gasteiger partial charge in [-0.3, -0.25) is 4.90 Å². The molecule has 0 bridgehead atoms.